The Kier molecular flexibility index (Phi) is 2.54. The number of anilines is 1. The van der Waals surface area contributed by atoms with Gasteiger partial charge in [0.25, 0.3) is 5.89 Å². The van der Waals surface area contributed by atoms with E-state index in [0.717, 1.165) is 0 Å². The highest BCUT2D eigenvalue weighted by atomic mass is 35.5. The van der Waals surface area contributed by atoms with Crippen LogP contribution in [0.2, 0.25) is 10.0 Å². The van der Waals surface area contributed by atoms with E-state index >= 15 is 0 Å². The molecular formula is C9H7Cl2N3O. The van der Waals surface area contributed by atoms with Gasteiger partial charge in [-0.2, -0.15) is 4.98 Å². The van der Waals surface area contributed by atoms with Crippen molar-refractivity contribution in [3.63, 3.8) is 0 Å². The Morgan fingerprint density at radius 1 is 1.33 bits per heavy atom. The SMILES string of the molecule is Cc1noc(-c2cc(Cl)cc(Cl)c2N)n1. The molecule has 2 rings (SSSR count). The normalized spacial score (nSPS) is 10.6. The second-order valence-electron chi connectivity index (χ2n) is 3.00. The molecule has 0 amide bonds. The van der Waals surface area contributed by atoms with Gasteiger partial charge in [-0.25, -0.2) is 0 Å². The number of hydrogen-bond donors (Lipinski definition) is 1. The van der Waals surface area contributed by atoms with Crippen LogP contribution in [0.4, 0.5) is 5.69 Å². The average molecular weight is 244 g/mol. The van der Waals surface area contributed by atoms with Crippen LogP contribution < -0.4 is 5.73 Å². The molecule has 0 aliphatic heterocycles. The minimum atomic E-state index is 0.314. The summed E-state index contributed by atoms with van der Waals surface area (Å²) in [5.74, 6) is 0.842. The zero-order valence-electron chi connectivity index (χ0n) is 7.79. The van der Waals surface area contributed by atoms with Crippen molar-refractivity contribution in [1.82, 2.24) is 10.1 Å². The fourth-order valence-electron chi connectivity index (χ4n) is 1.17. The van der Waals surface area contributed by atoms with Gasteiger partial charge >= 0.3 is 0 Å². The van der Waals surface area contributed by atoms with Gasteiger partial charge < -0.3 is 10.3 Å². The molecule has 0 unspecified atom stereocenters. The predicted octanol–water partition coefficient (Wildman–Crippen LogP) is 2.93. The molecule has 0 atom stereocenters. The van der Waals surface area contributed by atoms with E-state index in [1.165, 1.54) is 0 Å². The number of benzene rings is 1. The maximum atomic E-state index is 5.88. The van der Waals surface area contributed by atoms with Crippen molar-refractivity contribution in [3.8, 4) is 11.5 Å². The lowest BCUT2D eigenvalue weighted by Crippen LogP contribution is -1.91. The second kappa shape index (κ2) is 3.72. The standard InChI is InChI=1S/C9H7Cl2N3O/c1-4-13-9(15-14-4)6-2-5(10)3-7(11)8(6)12/h2-3H,12H2,1H3. The largest absolute Gasteiger partial charge is 0.397 e. The van der Waals surface area contributed by atoms with Crippen LogP contribution in [-0.2, 0) is 0 Å². The summed E-state index contributed by atoms with van der Waals surface area (Å²) in [6, 6.07) is 3.20. The van der Waals surface area contributed by atoms with Gasteiger partial charge in [0.05, 0.1) is 16.3 Å². The first-order chi connectivity index (χ1) is 7.08. The average Bonchev–Trinajstić information content (AvgIpc) is 2.58. The minimum Gasteiger partial charge on any atom is -0.397 e. The molecule has 0 radical (unpaired) electrons. The van der Waals surface area contributed by atoms with E-state index in [4.69, 9.17) is 33.5 Å². The fraction of sp³-hybridized carbons (Fsp3) is 0.111. The number of halogens is 2. The topological polar surface area (TPSA) is 64.9 Å². The highest BCUT2D eigenvalue weighted by molar-refractivity contribution is 6.37. The molecular weight excluding hydrogens is 237 g/mol. The van der Waals surface area contributed by atoms with E-state index in [0.29, 0.717) is 33.0 Å². The van der Waals surface area contributed by atoms with Crippen LogP contribution in [0.5, 0.6) is 0 Å². The first-order valence-corrected chi connectivity index (χ1v) is 4.88. The molecule has 0 aliphatic carbocycles. The van der Waals surface area contributed by atoms with Crippen molar-refractivity contribution in [3.05, 3.63) is 28.0 Å². The minimum absolute atomic E-state index is 0.314. The summed E-state index contributed by atoms with van der Waals surface area (Å²) in [4.78, 5) is 4.05. The lowest BCUT2D eigenvalue weighted by Gasteiger charge is -2.03. The van der Waals surface area contributed by atoms with Gasteiger partial charge in [0.2, 0.25) is 0 Å². The second-order valence-corrected chi connectivity index (χ2v) is 3.84. The third-order valence-electron chi connectivity index (χ3n) is 1.85. The third kappa shape index (κ3) is 1.91. The van der Waals surface area contributed by atoms with Crippen molar-refractivity contribution in [2.45, 2.75) is 6.92 Å². The molecule has 78 valence electrons. The first-order valence-electron chi connectivity index (χ1n) is 4.13. The number of nitrogens with two attached hydrogens (primary N) is 1. The van der Waals surface area contributed by atoms with Crippen molar-refractivity contribution in [1.29, 1.82) is 0 Å². The van der Waals surface area contributed by atoms with E-state index in [-0.39, 0.29) is 0 Å². The Hall–Kier alpha value is -1.26. The first kappa shape index (κ1) is 10.3. The fourth-order valence-corrected chi connectivity index (χ4v) is 1.66. The van der Waals surface area contributed by atoms with Crippen LogP contribution in [0.1, 0.15) is 5.82 Å². The summed E-state index contributed by atoms with van der Waals surface area (Å²) in [6.45, 7) is 1.72. The third-order valence-corrected chi connectivity index (χ3v) is 2.38. The maximum Gasteiger partial charge on any atom is 0.260 e. The van der Waals surface area contributed by atoms with Crippen molar-refractivity contribution < 1.29 is 4.52 Å². The Morgan fingerprint density at radius 2 is 2.07 bits per heavy atom. The molecule has 2 aromatic rings. The molecule has 0 spiro atoms. The highest BCUT2D eigenvalue weighted by Crippen LogP contribution is 2.33. The molecule has 6 heteroatoms. The lowest BCUT2D eigenvalue weighted by molar-refractivity contribution is 0.426. The number of aromatic nitrogens is 2. The van der Waals surface area contributed by atoms with Crippen LogP contribution >= 0.6 is 23.2 Å². The Balaban J connectivity index is 2.62. The predicted molar refractivity (Wildman–Crippen MR) is 58.9 cm³/mol. The van der Waals surface area contributed by atoms with Crippen molar-refractivity contribution >= 4 is 28.9 Å². The molecule has 0 bridgehead atoms. The van der Waals surface area contributed by atoms with Gasteiger partial charge in [0.15, 0.2) is 5.82 Å². The molecule has 0 fully saturated rings. The van der Waals surface area contributed by atoms with E-state index in [2.05, 4.69) is 10.1 Å². The van der Waals surface area contributed by atoms with E-state index in [1.807, 2.05) is 0 Å². The smallest absolute Gasteiger partial charge is 0.260 e. The van der Waals surface area contributed by atoms with E-state index in [9.17, 15) is 0 Å². The van der Waals surface area contributed by atoms with Gasteiger partial charge in [0.1, 0.15) is 0 Å². The van der Waals surface area contributed by atoms with Crippen molar-refractivity contribution in [2.24, 2.45) is 0 Å². The van der Waals surface area contributed by atoms with Crippen molar-refractivity contribution in [2.75, 3.05) is 5.73 Å². The number of nitrogens with zero attached hydrogens (tertiary/aromatic N) is 2. The summed E-state index contributed by atoms with van der Waals surface area (Å²) in [6.07, 6.45) is 0. The molecule has 1 aromatic heterocycles. The van der Waals surface area contributed by atoms with Gasteiger partial charge in [0, 0.05) is 5.02 Å². The number of rotatable bonds is 1. The molecule has 2 N–H and O–H groups in total. The van der Waals surface area contributed by atoms with Gasteiger partial charge in [-0.05, 0) is 19.1 Å². The molecule has 4 nitrogen and oxygen atoms in total. The van der Waals surface area contributed by atoms with Crippen LogP contribution in [-0.4, -0.2) is 10.1 Å². The summed E-state index contributed by atoms with van der Waals surface area (Å²) in [7, 11) is 0. The lowest BCUT2D eigenvalue weighted by atomic mass is 10.2. The van der Waals surface area contributed by atoms with Crippen LogP contribution in [0.3, 0.4) is 0 Å². The molecule has 15 heavy (non-hydrogen) atoms. The monoisotopic (exact) mass is 243 g/mol. The van der Waals surface area contributed by atoms with E-state index < -0.39 is 0 Å². The molecule has 0 aliphatic rings. The van der Waals surface area contributed by atoms with Crippen LogP contribution in [0.25, 0.3) is 11.5 Å². The summed E-state index contributed by atoms with van der Waals surface area (Å²) in [5, 5.41) is 4.51. The molecule has 0 saturated carbocycles. The Labute approximate surface area is 96.0 Å². The zero-order valence-corrected chi connectivity index (χ0v) is 9.30. The number of hydrogen-bond acceptors (Lipinski definition) is 4. The summed E-state index contributed by atoms with van der Waals surface area (Å²) >= 11 is 11.7. The number of aryl methyl sites for hydroxylation is 1. The molecule has 1 heterocycles. The van der Waals surface area contributed by atoms with Crippen LogP contribution in [0, 0.1) is 6.92 Å². The highest BCUT2D eigenvalue weighted by Gasteiger charge is 2.13. The Morgan fingerprint density at radius 3 is 2.67 bits per heavy atom. The van der Waals surface area contributed by atoms with Gasteiger partial charge in [-0.1, -0.05) is 28.4 Å². The molecule has 1 aromatic carbocycles. The zero-order chi connectivity index (χ0) is 11.0. The quantitative estimate of drug-likeness (QED) is 0.783. The number of nitrogen functional groups attached to an aromatic ring is 1. The van der Waals surface area contributed by atoms with E-state index in [1.54, 1.807) is 19.1 Å². The van der Waals surface area contributed by atoms with Gasteiger partial charge in [-0.15, -0.1) is 0 Å². The molecule has 0 saturated heterocycles. The maximum absolute atomic E-state index is 5.88. The summed E-state index contributed by atoms with van der Waals surface area (Å²) < 4.78 is 4.98. The Bertz CT molecular complexity index is 510. The van der Waals surface area contributed by atoms with Gasteiger partial charge in [-0.3, -0.25) is 0 Å². The van der Waals surface area contributed by atoms with Crippen LogP contribution in [0.15, 0.2) is 16.7 Å². The summed E-state index contributed by atoms with van der Waals surface area (Å²) in [5.41, 5.74) is 6.70.